The van der Waals surface area contributed by atoms with Crippen molar-refractivity contribution in [2.24, 2.45) is 0 Å². The summed E-state index contributed by atoms with van der Waals surface area (Å²) in [7, 11) is 0. The second-order valence-electron chi connectivity index (χ2n) is 10.5. The van der Waals surface area contributed by atoms with Gasteiger partial charge in [-0.1, -0.05) is 29.8 Å². The molecule has 196 valence electrons. The minimum absolute atomic E-state index is 0.0396. The van der Waals surface area contributed by atoms with Gasteiger partial charge in [-0.3, -0.25) is 24.6 Å². The molecule has 3 aliphatic rings. The largest absolute Gasteiger partial charge is 0.340 e. The van der Waals surface area contributed by atoms with Gasteiger partial charge in [0.2, 0.25) is 5.91 Å². The summed E-state index contributed by atoms with van der Waals surface area (Å²) in [6.07, 6.45) is 3.68. The summed E-state index contributed by atoms with van der Waals surface area (Å²) < 4.78 is 0. The van der Waals surface area contributed by atoms with Crippen molar-refractivity contribution in [3.63, 3.8) is 0 Å². The highest BCUT2D eigenvalue weighted by molar-refractivity contribution is 5.98. The van der Waals surface area contributed by atoms with Gasteiger partial charge in [0.05, 0.1) is 4.92 Å². The van der Waals surface area contributed by atoms with Crippen molar-refractivity contribution in [1.82, 2.24) is 20.0 Å². The number of likely N-dealkylation sites (tertiary alicyclic amines) is 1. The van der Waals surface area contributed by atoms with Gasteiger partial charge in [-0.05, 0) is 56.8 Å². The number of benzene rings is 2. The van der Waals surface area contributed by atoms with Gasteiger partial charge in [-0.15, -0.1) is 0 Å². The van der Waals surface area contributed by atoms with E-state index in [4.69, 9.17) is 0 Å². The lowest BCUT2D eigenvalue weighted by atomic mass is 10.1. The summed E-state index contributed by atoms with van der Waals surface area (Å²) >= 11 is 0. The highest BCUT2D eigenvalue weighted by Crippen LogP contribution is 2.36. The van der Waals surface area contributed by atoms with E-state index >= 15 is 0 Å². The zero-order valence-corrected chi connectivity index (χ0v) is 21.3. The van der Waals surface area contributed by atoms with E-state index < -0.39 is 6.04 Å². The average molecular weight is 506 g/mol. The quantitative estimate of drug-likeness (QED) is 0.459. The van der Waals surface area contributed by atoms with Crippen molar-refractivity contribution in [2.45, 2.75) is 57.3 Å². The molecule has 1 aliphatic carbocycles. The van der Waals surface area contributed by atoms with Crippen LogP contribution >= 0.6 is 0 Å². The standard InChI is InChI=1S/C28H35N5O4/c1-20-3-7-22(8-4-20)27(34)32-19-25(17-26(32)28(35)30-15-2-13-29-14-16-30)31(23-11-12-23)18-21-5-9-24(10-6-21)33(36)37/h3-10,23,25-26,29H,2,11-19H2,1H3. The van der Waals surface area contributed by atoms with Crippen LogP contribution in [0.5, 0.6) is 0 Å². The molecule has 2 unspecified atom stereocenters. The summed E-state index contributed by atoms with van der Waals surface area (Å²) in [5.74, 6) is -0.0578. The second-order valence-corrected chi connectivity index (χ2v) is 10.5. The SMILES string of the molecule is Cc1ccc(C(=O)N2CC(N(Cc3ccc([N+](=O)[O-])cc3)C3CC3)CC2C(=O)N2CCCNCC2)cc1. The van der Waals surface area contributed by atoms with Crippen molar-refractivity contribution < 1.29 is 14.5 Å². The van der Waals surface area contributed by atoms with E-state index in [0.29, 0.717) is 44.2 Å². The molecule has 9 nitrogen and oxygen atoms in total. The van der Waals surface area contributed by atoms with Gasteiger partial charge in [-0.2, -0.15) is 0 Å². The molecule has 0 spiro atoms. The number of amides is 2. The number of rotatable bonds is 7. The number of nitro benzene ring substituents is 1. The van der Waals surface area contributed by atoms with Crippen molar-refractivity contribution in [3.05, 3.63) is 75.3 Å². The number of carbonyl (C=O) groups excluding carboxylic acids is 2. The van der Waals surface area contributed by atoms with E-state index in [2.05, 4.69) is 10.2 Å². The molecule has 2 aromatic carbocycles. The van der Waals surface area contributed by atoms with Crippen LogP contribution in [0.15, 0.2) is 48.5 Å². The first-order chi connectivity index (χ1) is 17.9. The third-order valence-corrected chi connectivity index (χ3v) is 7.77. The topological polar surface area (TPSA) is 99.0 Å². The Morgan fingerprint density at radius 1 is 1.03 bits per heavy atom. The van der Waals surface area contributed by atoms with Crippen molar-refractivity contribution in [3.8, 4) is 0 Å². The number of aryl methyl sites for hydroxylation is 1. The summed E-state index contributed by atoms with van der Waals surface area (Å²) in [4.78, 5) is 44.3. The molecule has 2 saturated heterocycles. The fraction of sp³-hybridized carbons (Fsp3) is 0.500. The lowest BCUT2D eigenvalue weighted by Gasteiger charge is -2.29. The molecular weight excluding hydrogens is 470 g/mol. The van der Waals surface area contributed by atoms with Gasteiger partial charge in [0.15, 0.2) is 0 Å². The van der Waals surface area contributed by atoms with Crippen LogP contribution in [0.1, 0.15) is 47.2 Å². The minimum Gasteiger partial charge on any atom is -0.340 e. The molecule has 0 aromatic heterocycles. The molecule has 5 rings (SSSR count). The van der Waals surface area contributed by atoms with E-state index in [-0.39, 0.29) is 28.5 Å². The normalized spacial score (nSPS) is 22.2. The molecule has 37 heavy (non-hydrogen) atoms. The monoisotopic (exact) mass is 505 g/mol. The predicted molar refractivity (Wildman–Crippen MR) is 140 cm³/mol. The van der Waals surface area contributed by atoms with Gasteiger partial charge in [0.25, 0.3) is 11.6 Å². The van der Waals surface area contributed by atoms with E-state index in [9.17, 15) is 19.7 Å². The number of hydrogen-bond acceptors (Lipinski definition) is 6. The van der Waals surface area contributed by atoms with Crippen molar-refractivity contribution in [2.75, 3.05) is 32.7 Å². The molecule has 0 radical (unpaired) electrons. The van der Waals surface area contributed by atoms with Crippen LogP contribution in [0.25, 0.3) is 0 Å². The third kappa shape index (κ3) is 5.83. The number of non-ortho nitro benzene ring substituents is 1. The van der Waals surface area contributed by atoms with Crippen LogP contribution < -0.4 is 5.32 Å². The first-order valence-corrected chi connectivity index (χ1v) is 13.3. The van der Waals surface area contributed by atoms with E-state index in [1.165, 1.54) is 0 Å². The maximum absolute atomic E-state index is 13.8. The summed E-state index contributed by atoms with van der Waals surface area (Å²) in [5, 5.41) is 14.4. The minimum atomic E-state index is -0.491. The Bertz CT molecular complexity index is 1120. The number of carbonyl (C=O) groups is 2. The molecule has 2 heterocycles. The fourth-order valence-electron chi connectivity index (χ4n) is 5.55. The highest BCUT2D eigenvalue weighted by atomic mass is 16.6. The lowest BCUT2D eigenvalue weighted by molar-refractivity contribution is -0.384. The number of hydrogen-bond donors (Lipinski definition) is 1. The highest BCUT2D eigenvalue weighted by Gasteiger charge is 2.46. The van der Waals surface area contributed by atoms with Crippen LogP contribution in [0, 0.1) is 17.0 Å². The van der Waals surface area contributed by atoms with Gasteiger partial charge in [0, 0.05) is 62.5 Å². The van der Waals surface area contributed by atoms with Crippen LogP contribution in [-0.4, -0.2) is 82.3 Å². The maximum atomic E-state index is 13.8. The zero-order chi connectivity index (χ0) is 25.9. The van der Waals surface area contributed by atoms with Crippen LogP contribution in [0.2, 0.25) is 0 Å². The Kier molecular flexibility index (Phi) is 7.53. The Balaban J connectivity index is 1.39. The lowest BCUT2D eigenvalue weighted by Crippen LogP contribution is -2.48. The van der Waals surface area contributed by atoms with Gasteiger partial charge >= 0.3 is 0 Å². The first-order valence-electron chi connectivity index (χ1n) is 13.3. The molecular formula is C28H35N5O4. The van der Waals surface area contributed by atoms with E-state index in [0.717, 1.165) is 43.5 Å². The van der Waals surface area contributed by atoms with E-state index in [1.807, 2.05) is 48.2 Å². The molecule has 1 N–H and O–H groups in total. The van der Waals surface area contributed by atoms with Gasteiger partial charge in [0.1, 0.15) is 6.04 Å². The molecule has 9 heteroatoms. The molecule has 0 bridgehead atoms. The fourth-order valence-corrected chi connectivity index (χ4v) is 5.55. The van der Waals surface area contributed by atoms with Crippen LogP contribution in [0.4, 0.5) is 5.69 Å². The molecule has 2 atom stereocenters. The molecule has 2 amide bonds. The average Bonchev–Trinajstić information content (AvgIpc) is 3.70. The van der Waals surface area contributed by atoms with Crippen LogP contribution in [0.3, 0.4) is 0 Å². The Hall–Kier alpha value is -3.30. The third-order valence-electron chi connectivity index (χ3n) is 7.77. The number of nitrogens with one attached hydrogen (secondary N) is 1. The molecule has 2 aromatic rings. The molecule has 3 fully saturated rings. The first kappa shape index (κ1) is 25.4. The Morgan fingerprint density at radius 2 is 1.76 bits per heavy atom. The van der Waals surface area contributed by atoms with Crippen LogP contribution in [-0.2, 0) is 11.3 Å². The smallest absolute Gasteiger partial charge is 0.269 e. The summed E-state index contributed by atoms with van der Waals surface area (Å²) in [5.41, 5.74) is 2.77. The second kappa shape index (κ2) is 11.0. The molecule has 2 aliphatic heterocycles. The van der Waals surface area contributed by atoms with Crippen molar-refractivity contribution in [1.29, 1.82) is 0 Å². The maximum Gasteiger partial charge on any atom is 0.269 e. The van der Waals surface area contributed by atoms with Gasteiger partial charge < -0.3 is 15.1 Å². The Labute approximate surface area is 217 Å². The summed E-state index contributed by atoms with van der Waals surface area (Å²) in [6.45, 7) is 6.16. The number of nitrogens with zero attached hydrogens (tertiary/aromatic N) is 4. The van der Waals surface area contributed by atoms with E-state index in [1.54, 1.807) is 17.0 Å². The predicted octanol–water partition coefficient (Wildman–Crippen LogP) is 2.97. The summed E-state index contributed by atoms with van der Waals surface area (Å²) in [6, 6.07) is 14.2. The van der Waals surface area contributed by atoms with Gasteiger partial charge in [-0.25, -0.2) is 0 Å². The zero-order valence-electron chi connectivity index (χ0n) is 21.3. The van der Waals surface area contributed by atoms with Crippen molar-refractivity contribution >= 4 is 17.5 Å². The Morgan fingerprint density at radius 3 is 2.43 bits per heavy atom. The molecule has 1 saturated carbocycles. The number of nitro groups is 1.